The average molecular weight is 394 g/mol. The number of carbonyl (C=O) groups is 1. The molecule has 0 saturated carbocycles. The van der Waals surface area contributed by atoms with Crippen LogP contribution in [0.25, 0.3) is 5.69 Å². The predicted molar refractivity (Wildman–Crippen MR) is 116 cm³/mol. The zero-order chi connectivity index (χ0) is 20.1. The second-order valence-electron chi connectivity index (χ2n) is 6.60. The molecule has 0 radical (unpaired) electrons. The third kappa shape index (κ3) is 4.75. The average Bonchev–Trinajstić information content (AvgIpc) is 3.12. The molecule has 1 aromatic heterocycles. The number of imidazole rings is 1. The summed E-state index contributed by atoms with van der Waals surface area (Å²) in [5, 5.41) is 6.86. The summed E-state index contributed by atoms with van der Waals surface area (Å²) in [6.07, 6.45) is 3.73. The molecule has 0 aliphatic carbocycles. The maximum atomic E-state index is 11.9. The number of amides is 1. The summed E-state index contributed by atoms with van der Waals surface area (Å²) in [5.74, 6) is 0.927. The van der Waals surface area contributed by atoms with Crippen molar-refractivity contribution in [2.24, 2.45) is 0 Å². The molecule has 0 fully saturated rings. The second-order valence-corrected chi connectivity index (χ2v) is 7.00. The zero-order valence-electron chi connectivity index (χ0n) is 16.1. The number of thiocarbonyl (C=S) groups is 1. The van der Waals surface area contributed by atoms with Gasteiger partial charge in [-0.15, -0.1) is 0 Å². The van der Waals surface area contributed by atoms with E-state index in [0.717, 1.165) is 22.8 Å². The first-order chi connectivity index (χ1) is 13.4. The molecule has 2 N–H and O–H groups in total. The van der Waals surface area contributed by atoms with Gasteiger partial charge in [0.1, 0.15) is 5.82 Å². The van der Waals surface area contributed by atoms with Crippen LogP contribution in [0, 0.1) is 6.92 Å². The number of nitrogens with zero attached hydrogens (tertiary/aromatic N) is 3. The van der Waals surface area contributed by atoms with E-state index in [1.54, 1.807) is 37.3 Å². The zero-order valence-corrected chi connectivity index (χ0v) is 17.0. The minimum Gasteiger partial charge on any atom is -0.358 e. The monoisotopic (exact) mass is 393 g/mol. The summed E-state index contributed by atoms with van der Waals surface area (Å²) in [7, 11) is 3.47. The first kappa shape index (κ1) is 19.6. The molecule has 0 spiro atoms. The van der Waals surface area contributed by atoms with E-state index in [1.165, 1.54) is 0 Å². The van der Waals surface area contributed by atoms with Crippen molar-refractivity contribution in [3.8, 4) is 5.69 Å². The summed E-state index contributed by atoms with van der Waals surface area (Å²) < 4.78 is 2.04. The predicted octanol–water partition coefficient (Wildman–Crippen LogP) is 3.37. The van der Waals surface area contributed by atoms with Gasteiger partial charge in [0.2, 0.25) is 0 Å². The third-order valence-corrected chi connectivity index (χ3v) is 4.54. The molecular weight excluding hydrogens is 370 g/mol. The minimum atomic E-state index is -0.0263. The Morgan fingerprint density at radius 3 is 2.36 bits per heavy atom. The summed E-state index contributed by atoms with van der Waals surface area (Å²) in [6.45, 7) is 2.59. The van der Waals surface area contributed by atoms with Gasteiger partial charge in [-0.1, -0.05) is 12.1 Å². The van der Waals surface area contributed by atoms with Crippen LogP contribution in [-0.2, 0) is 6.54 Å². The van der Waals surface area contributed by atoms with Crippen LogP contribution in [0.2, 0.25) is 0 Å². The maximum Gasteiger partial charge on any atom is 0.253 e. The Balaban J connectivity index is 1.53. The molecule has 0 saturated heterocycles. The van der Waals surface area contributed by atoms with E-state index in [2.05, 4.69) is 39.9 Å². The van der Waals surface area contributed by atoms with Crippen LogP contribution in [0.4, 0.5) is 5.69 Å². The molecular formula is C21H23N5OS. The van der Waals surface area contributed by atoms with Gasteiger partial charge < -0.3 is 20.1 Å². The molecule has 0 unspecified atom stereocenters. The van der Waals surface area contributed by atoms with Crippen LogP contribution in [0.3, 0.4) is 0 Å². The molecule has 0 atom stereocenters. The van der Waals surface area contributed by atoms with E-state index in [4.69, 9.17) is 12.2 Å². The third-order valence-electron chi connectivity index (χ3n) is 4.29. The molecule has 0 aliphatic heterocycles. The molecule has 1 heterocycles. The molecule has 6 nitrogen and oxygen atoms in total. The molecule has 28 heavy (non-hydrogen) atoms. The van der Waals surface area contributed by atoms with Gasteiger partial charge in [0.25, 0.3) is 5.91 Å². The fourth-order valence-corrected chi connectivity index (χ4v) is 2.93. The van der Waals surface area contributed by atoms with Gasteiger partial charge in [0.05, 0.1) is 0 Å². The molecule has 0 aliphatic rings. The highest BCUT2D eigenvalue weighted by Gasteiger charge is 2.07. The number of hydrogen-bond donors (Lipinski definition) is 2. The Bertz CT molecular complexity index is 961. The highest BCUT2D eigenvalue weighted by Crippen LogP contribution is 2.13. The van der Waals surface area contributed by atoms with Crippen molar-refractivity contribution in [2.75, 3.05) is 19.4 Å². The molecule has 3 aromatic rings. The van der Waals surface area contributed by atoms with E-state index >= 15 is 0 Å². The lowest BCUT2D eigenvalue weighted by Gasteiger charge is -2.13. The van der Waals surface area contributed by atoms with Crippen molar-refractivity contribution in [3.63, 3.8) is 0 Å². The number of rotatable bonds is 5. The lowest BCUT2D eigenvalue weighted by Crippen LogP contribution is -2.28. The Labute approximate surface area is 170 Å². The highest BCUT2D eigenvalue weighted by atomic mass is 32.1. The van der Waals surface area contributed by atoms with Crippen molar-refractivity contribution < 1.29 is 4.79 Å². The largest absolute Gasteiger partial charge is 0.358 e. The lowest BCUT2D eigenvalue weighted by molar-refractivity contribution is 0.0827. The number of benzene rings is 2. The van der Waals surface area contributed by atoms with Gasteiger partial charge in [-0.2, -0.15) is 0 Å². The van der Waals surface area contributed by atoms with Crippen LogP contribution < -0.4 is 10.6 Å². The molecule has 1 amide bonds. The van der Waals surface area contributed by atoms with Crippen molar-refractivity contribution >= 4 is 28.9 Å². The van der Waals surface area contributed by atoms with Gasteiger partial charge in [0.15, 0.2) is 5.11 Å². The molecule has 0 bridgehead atoms. The Hall–Kier alpha value is -3.19. The SMILES string of the molecule is Cc1nccn1-c1ccc(CNC(=S)Nc2ccc(C(=O)N(C)C)cc2)cc1. The summed E-state index contributed by atoms with van der Waals surface area (Å²) >= 11 is 5.36. The molecule has 2 aromatic carbocycles. The fraction of sp³-hybridized carbons (Fsp3) is 0.190. The van der Waals surface area contributed by atoms with E-state index in [-0.39, 0.29) is 5.91 Å². The lowest BCUT2D eigenvalue weighted by atomic mass is 10.2. The Morgan fingerprint density at radius 1 is 1.11 bits per heavy atom. The minimum absolute atomic E-state index is 0.0263. The van der Waals surface area contributed by atoms with Gasteiger partial charge >= 0.3 is 0 Å². The number of aryl methyl sites for hydroxylation is 1. The fourth-order valence-electron chi connectivity index (χ4n) is 2.74. The van der Waals surface area contributed by atoms with Gasteiger partial charge in [-0.05, 0) is 61.1 Å². The standard InChI is InChI=1S/C21H23N5OS/c1-15-22-12-13-26(15)19-10-4-16(5-11-19)14-23-21(28)24-18-8-6-17(7-9-18)20(27)25(2)3/h4-13H,14H2,1-3H3,(H2,23,24,28). The summed E-state index contributed by atoms with van der Waals surface area (Å²) in [4.78, 5) is 17.7. The maximum absolute atomic E-state index is 11.9. The number of nitrogens with one attached hydrogen (secondary N) is 2. The van der Waals surface area contributed by atoms with Crippen molar-refractivity contribution in [3.05, 3.63) is 77.9 Å². The highest BCUT2D eigenvalue weighted by molar-refractivity contribution is 7.80. The quantitative estimate of drug-likeness (QED) is 0.651. The van der Waals surface area contributed by atoms with E-state index in [1.807, 2.05) is 29.8 Å². The van der Waals surface area contributed by atoms with E-state index < -0.39 is 0 Å². The van der Waals surface area contributed by atoms with Crippen molar-refractivity contribution in [1.82, 2.24) is 19.8 Å². The Morgan fingerprint density at radius 2 is 1.79 bits per heavy atom. The summed E-state index contributed by atoms with van der Waals surface area (Å²) in [5.41, 5.74) is 3.67. The Kier molecular flexibility index (Phi) is 6.06. The van der Waals surface area contributed by atoms with Crippen LogP contribution in [0.1, 0.15) is 21.7 Å². The first-order valence-electron chi connectivity index (χ1n) is 8.90. The number of carbonyl (C=O) groups excluding carboxylic acids is 1. The van der Waals surface area contributed by atoms with E-state index in [9.17, 15) is 4.79 Å². The van der Waals surface area contributed by atoms with Crippen LogP contribution in [0.5, 0.6) is 0 Å². The van der Waals surface area contributed by atoms with Crippen LogP contribution >= 0.6 is 12.2 Å². The van der Waals surface area contributed by atoms with Crippen molar-refractivity contribution in [2.45, 2.75) is 13.5 Å². The van der Waals surface area contributed by atoms with Gasteiger partial charge in [-0.25, -0.2) is 4.98 Å². The molecule has 3 rings (SSSR count). The topological polar surface area (TPSA) is 62.2 Å². The second kappa shape index (κ2) is 8.67. The molecule has 7 heteroatoms. The number of hydrogen-bond acceptors (Lipinski definition) is 3. The smallest absolute Gasteiger partial charge is 0.253 e. The van der Waals surface area contributed by atoms with E-state index in [0.29, 0.717) is 17.2 Å². The first-order valence-corrected chi connectivity index (χ1v) is 9.30. The van der Waals surface area contributed by atoms with Crippen LogP contribution in [0.15, 0.2) is 60.9 Å². The number of anilines is 1. The summed E-state index contributed by atoms with van der Waals surface area (Å²) in [6, 6.07) is 15.5. The normalized spacial score (nSPS) is 10.4. The van der Waals surface area contributed by atoms with Crippen molar-refractivity contribution in [1.29, 1.82) is 0 Å². The van der Waals surface area contributed by atoms with Crippen LogP contribution in [-0.4, -0.2) is 39.6 Å². The molecule has 144 valence electrons. The van der Waals surface area contributed by atoms with Gasteiger partial charge in [-0.3, -0.25) is 4.79 Å². The van der Waals surface area contributed by atoms with Gasteiger partial charge in [0, 0.05) is 50.0 Å². The number of aromatic nitrogens is 2.